The first-order valence-corrected chi connectivity index (χ1v) is 7.76. The molecule has 3 nitrogen and oxygen atoms in total. The molecule has 0 unspecified atom stereocenters. The number of halogens is 1. The van der Waals surface area contributed by atoms with Crippen molar-refractivity contribution in [2.45, 2.75) is 38.1 Å². The van der Waals surface area contributed by atoms with E-state index in [-0.39, 0.29) is 5.54 Å². The van der Waals surface area contributed by atoms with Crippen LogP contribution >= 0.6 is 15.9 Å². The Morgan fingerprint density at radius 1 is 1.37 bits per heavy atom. The van der Waals surface area contributed by atoms with Gasteiger partial charge in [-0.15, -0.1) is 0 Å². The normalized spacial score (nSPS) is 30.7. The first-order chi connectivity index (χ1) is 9.11. The number of anilines is 1. The van der Waals surface area contributed by atoms with E-state index in [1.807, 2.05) is 6.07 Å². The van der Waals surface area contributed by atoms with Gasteiger partial charge in [-0.1, -0.05) is 28.9 Å². The second-order valence-corrected chi connectivity index (χ2v) is 6.81. The molecule has 1 aromatic carbocycles. The molecule has 2 N–H and O–H groups in total. The molecule has 0 aromatic heterocycles. The monoisotopic (exact) mass is 321 g/mol. The summed E-state index contributed by atoms with van der Waals surface area (Å²) in [6, 6.07) is 8.36. The lowest BCUT2D eigenvalue weighted by atomic mass is 9.76. The van der Waals surface area contributed by atoms with E-state index in [0.717, 1.165) is 22.6 Å². The van der Waals surface area contributed by atoms with Crippen molar-refractivity contribution in [3.8, 4) is 0 Å². The number of aliphatic imine (C=N–C) groups is 1. The summed E-state index contributed by atoms with van der Waals surface area (Å²) in [5.74, 6) is 1.50. The molecule has 1 saturated carbocycles. The molecule has 1 aliphatic carbocycles. The van der Waals surface area contributed by atoms with E-state index >= 15 is 0 Å². The van der Waals surface area contributed by atoms with Gasteiger partial charge in [0.1, 0.15) is 0 Å². The first-order valence-electron chi connectivity index (χ1n) is 6.96. The fraction of sp³-hybridized carbons (Fsp3) is 0.533. The average Bonchev–Trinajstić information content (AvgIpc) is 2.71. The minimum absolute atomic E-state index is 0.122. The molecule has 2 aliphatic rings. The number of nitrogens with two attached hydrogens (primary N) is 1. The van der Waals surface area contributed by atoms with Gasteiger partial charge in [-0.2, -0.15) is 0 Å². The van der Waals surface area contributed by atoms with Crippen LogP contribution in [0.4, 0.5) is 5.69 Å². The molecule has 0 amide bonds. The summed E-state index contributed by atoms with van der Waals surface area (Å²) >= 11 is 3.54. The number of nitrogens with zero attached hydrogens (tertiary/aromatic N) is 2. The largest absolute Gasteiger partial charge is 0.369 e. The molecule has 1 spiro atoms. The van der Waals surface area contributed by atoms with E-state index in [0.29, 0.717) is 5.96 Å². The maximum atomic E-state index is 6.16. The highest BCUT2D eigenvalue weighted by molar-refractivity contribution is 9.10. The lowest BCUT2D eigenvalue weighted by molar-refractivity contribution is 0.261. The molecular formula is C15H20BrN3. The van der Waals surface area contributed by atoms with Gasteiger partial charge in [0.25, 0.3) is 0 Å². The van der Waals surface area contributed by atoms with Gasteiger partial charge < -0.3 is 10.6 Å². The third-order valence-corrected chi connectivity index (χ3v) is 5.00. The smallest absolute Gasteiger partial charge is 0.196 e. The average molecular weight is 322 g/mol. The van der Waals surface area contributed by atoms with Gasteiger partial charge in [-0.3, -0.25) is 4.99 Å². The Kier molecular flexibility index (Phi) is 3.29. The van der Waals surface area contributed by atoms with E-state index in [1.54, 1.807) is 0 Å². The summed E-state index contributed by atoms with van der Waals surface area (Å²) in [5, 5.41) is 0. The SMILES string of the molecule is CC1CCC2(CC1)CN=C(N)N2c1cccc(Br)c1. The van der Waals surface area contributed by atoms with Crippen molar-refractivity contribution < 1.29 is 0 Å². The highest BCUT2D eigenvalue weighted by Gasteiger charge is 2.44. The fourth-order valence-electron chi connectivity index (χ4n) is 3.32. The predicted molar refractivity (Wildman–Crippen MR) is 83.5 cm³/mol. The van der Waals surface area contributed by atoms with Crippen LogP contribution in [0.5, 0.6) is 0 Å². The summed E-state index contributed by atoms with van der Waals surface area (Å²) in [6.45, 7) is 3.19. The van der Waals surface area contributed by atoms with E-state index in [2.05, 4.69) is 50.9 Å². The van der Waals surface area contributed by atoms with E-state index in [1.165, 1.54) is 25.7 Å². The zero-order valence-corrected chi connectivity index (χ0v) is 12.9. The quantitative estimate of drug-likeness (QED) is 0.859. The number of hydrogen-bond acceptors (Lipinski definition) is 3. The van der Waals surface area contributed by atoms with Crippen molar-refractivity contribution in [2.24, 2.45) is 16.6 Å². The summed E-state index contributed by atoms with van der Waals surface area (Å²) in [6.07, 6.45) is 4.91. The van der Waals surface area contributed by atoms with Crippen LogP contribution in [0.3, 0.4) is 0 Å². The van der Waals surface area contributed by atoms with E-state index in [9.17, 15) is 0 Å². The Balaban J connectivity index is 1.94. The molecule has 1 aromatic rings. The van der Waals surface area contributed by atoms with Gasteiger partial charge in [0.05, 0.1) is 12.1 Å². The van der Waals surface area contributed by atoms with Gasteiger partial charge in [0.2, 0.25) is 0 Å². The second-order valence-electron chi connectivity index (χ2n) is 5.90. The Labute approximate surface area is 123 Å². The maximum absolute atomic E-state index is 6.16. The van der Waals surface area contributed by atoms with Crippen LogP contribution in [0.25, 0.3) is 0 Å². The molecule has 1 heterocycles. The van der Waals surface area contributed by atoms with Gasteiger partial charge in [-0.05, 0) is 49.8 Å². The van der Waals surface area contributed by atoms with E-state index in [4.69, 9.17) is 5.73 Å². The van der Waals surface area contributed by atoms with Gasteiger partial charge in [-0.25, -0.2) is 0 Å². The van der Waals surface area contributed by atoms with Crippen molar-refractivity contribution in [2.75, 3.05) is 11.4 Å². The van der Waals surface area contributed by atoms with Crippen LogP contribution < -0.4 is 10.6 Å². The van der Waals surface area contributed by atoms with E-state index < -0.39 is 0 Å². The molecule has 1 fully saturated rings. The highest BCUT2D eigenvalue weighted by Crippen LogP contribution is 2.41. The minimum atomic E-state index is 0.122. The molecule has 0 saturated heterocycles. The summed E-state index contributed by atoms with van der Waals surface area (Å²) < 4.78 is 1.09. The zero-order chi connectivity index (χ0) is 13.5. The molecule has 0 atom stereocenters. The second kappa shape index (κ2) is 4.82. The van der Waals surface area contributed by atoms with Crippen LogP contribution in [0, 0.1) is 5.92 Å². The Hall–Kier alpha value is -1.03. The maximum Gasteiger partial charge on any atom is 0.196 e. The summed E-state index contributed by atoms with van der Waals surface area (Å²) in [5.41, 5.74) is 7.44. The summed E-state index contributed by atoms with van der Waals surface area (Å²) in [4.78, 5) is 6.80. The van der Waals surface area contributed by atoms with Crippen molar-refractivity contribution in [1.29, 1.82) is 0 Å². The third kappa shape index (κ3) is 2.27. The highest BCUT2D eigenvalue weighted by atomic mass is 79.9. The summed E-state index contributed by atoms with van der Waals surface area (Å²) in [7, 11) is 0. The van der Waals surface area contributed by atoms with Crippen molar-refractivity contribution >= 4 is 27.6 Å². The predicted octanol–water partition coefficient (Wildman–Crippen LogP) is 3.53. The van der Waals surface area contributed by atoms with Gasteiger partial charge in [0.15, 0.2) is 5.96 Å². The van der Waals surface area contributed by atoms with Crippen LogP contribution in [0.1, 0.15) is 32.6 Å². The van der Waals surface area contributed by atoms with Crippen LogP contribution in [0.15, 0.2) is 33.7 Å². The fourth-order valence-corrected chi connectivity index (χ4v) is 3.70. The Morgan fingerprint density at radius 3 is 2.79 bits per heavy atom. The Bertz CT molecular complexity index is 504. The molecule has 0 bridgehead atoms. The van der Waals surface area contributed by atoms with Crippen LogP contribution in [0.2, 0.25) is 0 Å². The van der Waals surface area contributed by atoms with Gasteiger partial charge in [0, 0.05) is 10.2 Å². The molecule has 102 valence electrons. The topological polar surface area (TPSA) is 41.6 Å². The van der Waals surface area contributed by atoms with Crippen LogP contribution in [-0.4, -0.2) is 18.0 Å². The first kappa shape index (κ1) is 13.0. The number of hydrogen-bond donors (Lipinski definition) is 1. The number of rotatable bonds is 1. The van der Waals surface area contributed by atoms with Crippen molar-refractivity contribution in [3.63, 3.8) is 0 Å². The number of benzene rings is 1. The lowest BCUT2D eigenvalue weighted by Gasteiger charge is -2.43. The molecule has 4 heteroatoms. The third-order valence-electron chi connectivity index (χ3n) is 4.51. The zero-order valence-electron chi connectivity index (χ0n) is 11.3. The van der Waals surface area contributed by atoms with Crippen molar-refractivity contribution in [1.82, 2.24) is 0 Å². The number of guanidine groups is 1. The van der Waals surface area contributed by atoms with Crippen molar-refractivity contribution in [3.05, 3.63) is 28.7 Å². The standard InChI is InChI=1S/C15H20BrN3/c1-11-5-7-15(8-6-11)10-18-14(17)19(15)13-4-2-3-12(16)9-13/h2-4,9,11H,5-8,10H2,1H3,(H2,17,18). The molecule has 3 rings (SSSR count). The van der Waals surface area contributed by atoms with Gasteiger partial charge >= 0.3 is 0 Å². The minimum Gasteiger partial charge on any atom is -0.369 e. The molecule has 0 radical (unpaired) electrons. The lowest BCUT2D eigenvalue weighted by Crippen LogP contribution is -2.53. The molecular weight excluding hydrogens is 302 g/mol. The Morgan fingerprint density at radius 2 is 2.11 bits per heavy atom. The molecule has 19 heavy (non-hydrogen) atoms. The van der Waals surface area contributed by atoms with Crippen LogP contribution in [-0.2, 0) is 0 Å². The molecule has 1 aliphatic heterocycles.